The van der Waals surface area contributed by atoms with E-state index in [1.807, 2.05) is 0 Å². The van der Waals surface area contributed by atoms with Crippen LogP contribution in [0, 0.1) is 0 Å². The first-order valence-corrected chi connectivity index (χ1v) is 5.98. The molecule has 0 spiro atoms. The number of amides is 1. The number of nitrogens with one attached hydrogen (secondary N) is 1. The fourth-order valence-electron chi connectivity index (χ4n) is 1.87. The SMILES string of the molecule is CCCCC(NC(=O)OC)C1=CC=CCC1. The molecular weight excluding hydrogens is 202 g/mol. The largest absolute Gasteiger partial charge is 0.453 e. The Balaban J connectivity index is 2.58. The van der Waals surface area contributed by atoms with Gasteiger partial charge in [-0.25, -0.2) is 4.79 Å². The molecule has 3 heteroatoms. The quantitative estimate of drug-likeness (QED) is 0.777. The summed E-state index contributed by atoms with van der Waals surface area (Å²) in [6, 6.07) is 0.136. The smallest absolute Gasteiger partial charge is 0.407 e. The summed E-state index contributed by atoms with van der Waals surface area (Å²) < 4.78 is 4.66. The van der Waals surface area contributed by atoms with Crippen LogP contribution in [0.4, 0.5) is 4.79 Å². The van der Waals surface area contributed by atoms with Crippen LogP contribution < -0.4 is 5.32 Å². The van der Waals surface area contributed by atoms with E-state index in [-0.39, 0.29) is 12.1 Å². The van der Waals surface area contributed by atoms with Gasteiger partial charge >= 0.3 is 6.09 Å². The predicted octanol–water partition coefficient (Wildman–Crippen LogP) is 3.18. The molecule has 16 heavy (non-hydrogen) atoms. The van der Waals surface area contributed by atoms with E-state index in [0.717, 1.165) is 32.1 Å². The number of alkyl carbamates (subject to hydrolysis) is 1. The van der Waals surface area contributed by atoms with E-state index in [0.29, 0.717) is 0 Å². The molecule has 1 aliphatic carbocycles. The van der Waals surface area contributed by atoms with Crippen molar-refractivity contribution in [1.82, 2.24) is 5.32 Å². The molecule has 0 fully saturated rings. The molecule has 1 atom stereocenters. The van der Waals surface area contributed by atoms with Crippen molar-refractivity contribution in [3.8, 4) is 0 Å². The lowest BCUT2D eigenvalue weighted by atomic mass is 9.94. The number of hydrogen-bond donors (Lipinski definition) is 1. The Kier molecular flexibility index (Phi) is 5.68. The van der Waals surface area contributed by atoms with Crippen LogP contribution in [-0.4, -0.2) is 19.2 Å². The van der Waals surface area contributed by atoms with Crippen LogP contribution in [0.2, 0.25) is 0 Å². The molecule has 0 radical (unpaired) electrons. The highest BCUT2D eigenvalue weighted by molar-refractivity contribution is 5.68. The summed E-state index contributed by atoms with van der Waals surface area (Å²) in [6.45, 7) is 2.16. The van der Waals surface area contributed by atoms with Crippen molar-refractivity contribution >= 4 is 6.09 Å². The van der Waals surface area contributed by atoms with Gasteiger partial charge in [-0.15, -0.1) is 0 Å². The van der Waals surface area contributed by atoms with Gasteiger partial charge in [-0.3, -0.25) is 0 Å². The van der Waals surface area contributed by atoms with E-state index in [2.05, 4.69) is 35.2 Å². The number of ether oxygens (including phenoxy) is 1. The highest BCUT2D eigenvalue weighted by Gasteiger charge is 2.16. The number of hydrogen-bond acceptors (Lipinski definition) is 2. The normalized spacial score (nSPS) is 16.5. The van der Waals surface area contributed by atoms with Crippen LogP contribution in [0.25, 0.3) is 0 Å². The van der Waals surface area contributed by atoms with Gasteiger partial charge in [0.2, 0.25) is 0 Å². The molecule has 0 heterocycles. The zero-order chi connectivity index (χ0) is 11.8. The van der Waals surface area contributed by atoms with Crippen LogP contribution in [0.3, 0.4) is 0 Å². The molecule has 0 saturated carbocycles. The molecule has 1 amide bonds. The van der Waals surface area contributed by atoms with E-state index in [1.54, 1.807) is 0 Å². The molecule has 0 bridgehead atoms. The number of methoxy groups -OCH3 is 1. The van der Waals surface area contributed by atoms with E-state index in [4.69, 9.17) is 0 Å². The first-order valence-electron chi connectivity index (χ1n) is 5.98. The number of allylic oxidation sites excluding steroid dienone is 3. The van der Waals surface area contributed by atoms with Gasteiger partial charge < -0.3 is 10.1 Å². The van der Waals surface area contributed by atoms with E-state index in [1.165, 1.54) is 12.7 Å². The highest BCUT2D eigenvalue weighted by atomic mass is 16.5. The van der Waals surface area contributed by atoms with Crippen molar-refractivity contribution in [1.29, 1.82) is 0 Å². The van der Waals surface area contributed by atoms with Gasteiger partial charge in [0.15, 0.2) is 0 Å². The standard InChI is InChI=1S/C13H21NO2/c1-3-4-10-12(14-13(15)16-2)11-8-6-5-7-9-11/h5-6,8,12H,3-4,7,9-10H2,1-2H3,(H,14,15). The van der Waals surface area contributed by atoms with Crippen LogP contribution >= 0.6 is 0 Å². The first kappa shape index (κ1) is 12.8. The average Bonchev–Trinajstić information content (AvgIpc) is 2.35. The monoisotopic (exact) mass is 223 g/mol. The first-order chi connectivity index (χ1) is 7.77. The second kappa shape index (κ2) is 7.09. The fraction of sp³-hybridized carbons (Fsp3) is 0.615. The van der Waals surface area contributed by atoms with Gasteiger partial charge in [-0.05, 0) is 24.8 Å². The molecule has 1 unspecified atom stereocenters. The van der Waals surface area contributed by atoms with E-state index >= 15 is 0 Å². The lowest BCUT2D eigenvalue weighted by Gasteiger charge is -2.22. The van der Waals surface area contributed by atoms with Crippen molar-refractivity contribution < 1.29 is 9.53 Å². The Morgan fingerprint density at radius 3 is 3.00 bits per heavy atom. The molecular formula is C13H21NO2. The molecule has 0 aromatic heterocycles. The molecule has 0 aromatic rings. The summed E-state index contributed by atoms with van der Waals surface area (Å²) in [4.78, 5) is 11.2. The molecule has 0 aliphatic heterocycles. The molecule has 1 N–H and O–H groups in total. The van der Waals surface area contributed by atoms with Gasteiger partial charge in [0.25, 0.3) is 0 Å². The molecule has 0 saturated heterocycles. The van der Waals surface area contributed by atoms with Crippen molar-refractivity contribution in [3.05, 3.63) is 23.8 Å². The van der Waals surface area contributed by atoms with Gasteiger partial charge in [0, 0.05) is 0 Å². The molecule has 90 valence electrons. The topological polar surface area (TPSA) is 38.3 Å². The molecule has 1 aliphatic rings. The van der Waals surface area contributed by atoms with E-state index < -0.39 is 0 Å². The summed E-state index contributed by atoms with van der Waals surface area (Å²) >= 11 is 0. The zero-order valence-corrected chi connectivity index (χ0v) is 10.2. The maximum absolute atomic E-state index is 11.2. The summed E-state index contributed by atoms with van der Waals surface area (Å²) in [7, 11) is 1.40. The average molecular weight is 223 g/mol. The minimum absolute atomic E-state index is 0.136. The molecule has 1 rings (SSSR count). The molecule has 0 aromatic carbocycles. The van der Waals surface area contributed by atoms with Crippen molar-refractivity contribution in [3.63, 3.8) is 0 Å². The highest BCUT2D eigenvalue weighted by Crippen LogP contribution is 2.19. The predicted molar refractivity (Wildman–Crippen MR) is 65.3 cm³/mol. The Morgan fingerprint density at radius 1 is 1.62 bits per heavy atom. The van der Waals surface area contributed by atoms with Crippen LogP contribution in [0.1, 0.15) is 39.0 Å². The van der Waals surface area contributed by atoms with Gasteiger partial charge in [0.1, 0.15) is 0 Å². The summed E-state index contributed by atoms with van der Waals surface area (Å²) in [5, 5.41) is 2.91. The third kappa shape index (κ3) is 4.09. The minimum Gasteiger partial charge on any atom is -0.453 e. The minimum atomic E-state index is -0.337. The fourth-order valence-corrected chi connectivity index (χ4v) is 1.87. The summed E-state index contributed by atoms with van der Waals surface area (Å²) in [5.41, 5.74) is 1.31. The third-order valence-electron chi connectivity index (χ3n) is 2.82. The van der Waals surface area contributed by atoms with Gasteiger partial charge in [-0.1, -0.05) is 38.0 Å². The van der Waals surface area contributed by atoms with Crippen LogP contribution in [0.5, 0.6) is 0 Å². The zero-order valence-electron chi connectivity index (χ0n) is 10.2. The second-order valence-corrected chi connectivity index (χ2v) is 4.04. The number of rotatable bonds is 5. The maximum atomic E-state index is 11.2. The van der Waals surface area contributed by atoms with Gasteiger partial charge in [0.05, 0.1) is 13.2 Å². The summed E-state index contributed by atoms with van der Waals surface area (Å²) in [5.74, 6) is 0. The maximum Gasteiger partial charge on any atom is 0.407 e. The third-order valence-corrected chi connectivity index (χ3v) is 2.82. The lowest BCUT2D eigenvalue weighted by molar-refractivity contribution is 0.167. The van der Waals surface area contributed by atoms with E-state index in [9.17, 15) is 4.79 Å². The Hall–Kier alpha value is -1.25. The number of carbonyl (C=O) groups is 1. The van der Waals surface area contributed by atoms with Crippen LogP contribution in [-0.2, 0) is 4.74 Å². The van der Waals surface area contributed by atoms with Crippen molar-refractivity contribution in [2.24, 2.45) is 0 Å². The summed E-state index contributed by atoms with van der Waals surface area (Å²) in [6.07, 6.45) is 11.3. The Morgan fingerprint density at radius 2 is 2.44 bits per heavy atom. The number of carbonyl (C=O) groups excluding carboxylic acids is 1. The van der Waals surface area contributed by atoms with Crippen molar-refractivity contribution in [2.75, 3.05) is 7.11 Å². The van der Waals surface area contributed by atoms with Crippen LogP contribution in [0.15, 0.2) is 23.8 Å². The second-order valence-electron chi connectivity index (χ2n) is 4.04. The number of unbranched alkanes of at least 4 members (excludes halogenated alkanes) is 1. The Labute approximate surface area is 97.6 Å². The van der Waals surface area contributed by atoms with Crippen molar-refractivity contribution in [2.45, 2.75) is 45.1 Å². The Bertz CT molecular complexity index is 282. The molecule has 3 nitrogen and oxygen atoms in total. The van der Waals surface area contributed by atoms with Gasteiger partial charge in [-0.2, -0.15) is 0 Å². The lowest BCUT2D eigenvalue weighted by Crippen LogP contribution is -2.36.